The van der Waals surface area contributed by atoms with E-state index in [2.05, 4.69) is 13.8 Å². The van der Waals surface area contributed by atoms with E-state index >= 15 is 0 Å². The van der Waals surface area contributed by atoms with Crippen molar-refractivity contribution in [2.75, 3.05) is 52.9 Å². The molecule has 0 radical (unpaired) electrons. The van der Waals surface area contributed by atoms with Crippen LogP contribution < -0.4 is 0 Å². The van der Waals surface area contributed by atoms with Crippen molar-refractivity contribution >= 4 is 5.97 Å². The van der Waals surface area contributed by atoms with Gasteiger partial charge in [-0.15, -0.1) is 0 Å². The Kier molecular flexibility index (Phi) is 16.7. The smallest absolute Gasteiger partial charge is 0.308 e. The molecule has 0 aliphatic carbocycles. The van der Waals surface area contributed by atoms with Crippen molar-refractivity contribution in [1.82, 2.24) is 0 Å². The van der Waals surface area contributed by atoms with Gasteiger partial charge in [0.1, 0.15) is 0 Å². The van der Waals surface area contributed by atoms with Crippen LogP contribution in [-0.4, -0.2) is 64.9 Å². The Hall–Kier alpha value is -0.690. The minimum atomic E-state index is -0.231. The van der Waals surface area contributed by atoms with Crippen LogP contribution in [0.3, 0.4) is 0 Å². The predicted molar refractivity (Wildman–Crippen MR) is 93.2 cm³/mol. The third-order valence-corrected chi connectivity index (χ3v) is 3.00. The van der Waals surface area contributed by atoms with Crippen molar-refractivity contribution < 1.29 is 28.5 Å². The molecule has 0 spiro atoms. The lowest BCUT2D eigenvalue weighted by atomic mass is 10.1. The van der Waals surface area contributed by atoms with Crippen molar-refractivity contribution in [3.8, 4) is 0 Å². The molecule has 0 saturated carbocycles. The Bertz CT molecular complexity index is 281. The summed E-state index contributed by atoms with van der Waals surface area (Å²) in [5.74, 6) is 0.505. The molecule has 0 aromatic carbocycles. The molecule has 0 bridgehead atoms. The molecule has 6 nitrogen and oxygen atoms in total. The van der Waals surface area contributed by atoms with Gasteiger partial charge in [-0.25, -0.2) is 0 Å². The van der Waals surface area contributed by atoms with Gasteiger partial charge in [-0.1, -0.05) is 13.8 Å². The third kappa shape index (κ3) is 19.4. The van der Waals surface area contributed by atoms with Crippen molar-refractivity contribution in [2.24, 2.45) is 5.92 Å². The number of hydrogen-bond donors (Lipinski definition) is 0. The zero-order valence-corrected chi connectivity index (χ0v) is 15.9. The van der Waals surface area contributed by atoms with Gasteiger partial charge in [0.2, 0.25) is 0 Å². The molecule has 144 valence electrons. The van der Waals surface area contributed by atoms with Crippen molar-refractivity contribution in [3.05, 3.63) is 0 Å². The fourth-order valence-corrected chi connectivity index (χ4v) is 1.83. The van der Waals surface area contributed by atoms with Gasteiger partial charge >= 0.3 is 5.97 Å². The highest BCUT2D eigenvalue weighted by Crippen LogP contribution is 2.02. The van der Waals surface area contributed by atoms with E-state index < -0.39 is 0 Å². The Morgan fingerprint density at radius 2 is 1.17 bits per heavy atom. The van der Waals surface area contributed by atoms with Gasteiger partial charge in [0.25, 0.3) is 0 Å². The van der Waals surface area contributed by atoms with Crippen LogP contribution in [0.4, 0.5) is 0 Å². The van der Waals surface area contributed by atoms with Crippen molar-refractivity contribution in [2.45, 2.75) is 53.1 Å². The van der Waals surface area contributed by atoms with E-state index in [-0.39, 0.29) is 18.5 Å². The summed E-state index contributed by atoms with van der Waals surface area (Å²) in [6.45, 7) is 12.5. The van der Waals surface area contributed by atoms with Crippen LogP contribution in [-0.2, 0) is 28.5 Å². The predicted octanol–water partition coefficient (Wildman–Crippen LogP) is 2.83. The maximum absolute atomic E-state index is 11.2. The molecule has 0 fully saturated rings. The van der Waals surface area contributed by atoms with Gasteiger partial charge in [-0.2, -0.15) is 0 Å². The normalized spacial score (nSPS) is 11.4. The number of hydrogen-bond acceptors (Lipinski definition) is 6. The van der Waals surface area contributed by atoms with Crippen molar-refractivity contribution in [1.29, 1.82) is 0 Å². The number of carbonyl (C=O) groups excluding carboxylic acids is 1. The van der Waals surface area contributed by atoms with Gasteiger partial charge in [0, 0.05) is 6.61 Å². The van der Waals surface area contributed by atoms with Crippen LogP contribution >= 0.6 is 0 Å². The van der Waals surface area contributed by atoms with Gasteiger partial charge in [-0.05, 0) is 32.6 Å². The maximum atomic E-state index is 11.2. The summed E-state index contributed by atoms with van der Waals surface area (Å²) in [7, 11) is 0. The second-order valence-corrected chi connectivity index (χ2v) is 6.27. The molecule has 0 N–H and O–H groups in total. The van der Waals surface area contributed by atoms with E-state index in [0.717, 1.165) is 18.9 Å². The molecule has 24 heavy (non-hydrogen) atoms. The molecule has 0 aliphatic heterocycles. The van der Waals surface area contributed by atoms with Crippen LogP contribution in [0.25, 0.3) is 0 Å². The zero-order valence-electron chi connectivity index (χ0n) is 15.9. The fourth-order valence-electron chi connectivity index (χ4n) is 1.83. The van der Waals surface area contributed by atoms with E-state index in [1.165, 1.54) is 6.42 Å². The van der Waals surface area contributed by atoms with Gasteiger partial charge in [-0.3, -0.25) is 4.79 Å². The second-order valence-electron chi connectivity index (χ2n) is 6.27. The topological polar surface area (TPSA) is 63.2 Å². The molecule has 0 unspecified atom stereocenters. The maximum Gasteiger partial charge on any atom is 0.308 e. The Labute approximate surface area is 147 Å². The number of rotatable bonds is 17. The molecule has 0 atom stereocenters. The van der Waals surface area contributed by atoms with Crippen LogP contribution in [0.1, 0.15) is 47.0 Å². The van der Waals surface area contributed by atoms with Crippen molar-refractivity contribution in [3.63, 3.8) is 0 Å². The number of ether oxygens (including phenoxy) is 5. The monoisotopic (exact) mass is 348 g/mol. The minimum absolute atomic E-state index is 0.0775. The number of esters is 1. The summed E-state index contributed by atoms with van der Waals surface area (Å²) in [4.78, 5) is 11.2. The lowest BCUT2D eigenvalue weighted by molar-refractivity contribution is -0.148. The van der Waals surface area contributed by atoms with E-state index in [0.29, 0.717) is 46.2 Å². The molecule has 0 aromatic heterocycles. The van der Waals surface area contributed by atoms with E-state index in [1.807, 2.05) is 13.8 Å². The summed E-state index contributed by atoms with van der Waals surface area (Å²) in [5, 5.41) is 0. The van der Waals surface area contributed by atoms with Gasteiger partial charge in [0.15, 0.2) is 0 Å². The van der Waals surface area contributed by atoms with Crippen LogP contribution in [0.5, 0.6) is 0 Å². The lowest BCUT2D eigenvalue weighted by Gasteiger charge is -2.09. The number of carbonyl (C=O) groups is 1. The molecule has 0 saturated heterocycles. The van der Waals surface area contributed by atoms with E-state index in [1.54, 1.807) is 0 Å². The first-order valence-electron chi connectivity index (χ1n) is 9.02. The van der Waals surface area contributed by atoms with Gasteiger partial charge < -0.3 is 23.7 Å². The molecular weight excluding hydrogens is 312 g/mol. The first-order chi connectivity index (χ1) is 11.5. The Morgan fingerprint density at radius 3 is 1.62 bits per heavy atom. The summed E-state index contributed by atoms with van der Waals surface area (Å²) >= 11 is 0. The highest BCUT2D eigenvalue weighted by atomic mass is 16.6. The van der Waals surface area contributed by atoms with Crippen LogP contribution in [0, 0.1) is 5.92 Å². The van der Waals surface area contributed by atoms with E-state index in [4.69, 9.17) is 23.7 Å². The van der Waals surface area contributed by atoms with Crippen LogP contribution in [0.15, 0.2) is 0 Å². The molecular formula is C18H36O6. The summed E-state index contributed by atoms with van der Waals surface area (Å²) in [6.07, 6.45) is 2.51. The average molecular weight is 348 g/mol. The average Bonchev–Trinajstić information content (AvgIpc) is 2.50. The summed E-state index contributed by atoms with van der Waals surface area (Å²) in [6, 6.07) is 0. The molecule has 6 heteroatoms. The zero-order chi connectivity index (χ0) is 18.0. The second kappa shape index (κ2) is 17.1. The summed E-state index contributed by atoms with van der Waals surface area (Å²) in [5.41, 5.74) is 0. The SMILES string of the molecule is CC(C)CCCOCCOCCOCCOCCC(=O)OC(C)C. The lowest BCUT2D eigenvalue weighted by Crippen LogP contribution is -2.15. The van der Waals surface area contributed by atoms with Gasteiger partial charge in [0.05, 0.1) is 58.8 Å². The molecule has 0 aliphatic rings. The molecule has 0 heterocycles. The minimum Gasteiger partial charge on any atom is -0.463 e. The standard InChI is InChI=1S/C18H36O6/c1-16(2)6-5-8-20-10-12-22-14-15-23-13-11-21-9-7-18(19)24-17(3)4/h16-17H,5-15H2,1-4H3. The first kappa shape index (κ1) is 23.3. The molecule has 0 rings (SSSR count). The Morgan fingerprint density at radius 1 is 0.708 bits per heavy atom. The highest BCUT2D eigenvalue weighted by molar-refractivity contribution is 5.69. The Balaban J connectivity index is 3.09. The van der Waals surface area contributed by atoms with E-state index in [9.17, 15) is 4.79 Å². The molecule has 0 aromatic rings. The highest BCUT2D eigenvalue weighted by Gasteiger charge is 2.04. The summed E-state index contributed by atoms with van der Waals surface area (Å²) < 4.78 is 26.5. The molecule has 0 amide bonds. The quantitative estimate of drug-likeness (QED) is 0.297. The largest absolute Gasteiger partial charge is 0.463 e. The first-order valence-corrected chi connectivity index (χ1v) is 9.02. The third-order valence-electron chi connectivity index (χ3n) is 3.00. The fraction of sp³-hybridized carbons (Fsp3) is 0.944. The van der Waals surface area contributed by atoms with Crippen LogP contribution in [0.2, 0.25) is 0 Å².